The summed E-state index contributed by atoms with van der Waals surface area (Å²) in [5.41, 5.74) is 0.243. The molecule has 0 spiro atoms. The maximum atomic E-state index is 13.1. The molecule has 2 aromatic carbocycles. The van der Waals surface area contributed by atoms with Crippen LogP contribution in [0.4, 0.5) is 5.69 Å². The lowest BCUT2D eigenvalue weighted by Crippen LogP contribution is -2.31. The number of nitrogens with zero attached hydrogens (tertiary/aromatic N) is 4. The molecule has 11 nitrogen and oxygen atoms in total. The van der Waals surface area contributed by atoms with Crippen molar-refractivity contribution in [1.82, 2.24) is 14.4 Å². The van der Waals surface area contributed by atoms with Crippen LogP contribution >= 0.6 is 0 Å². The van der Waals surface area contributed by atoms with Crippen LogP contribution in [0, 0.1) is 10.1 Å². The molecule has 3 rings (SSSR count). The molecule has 0 aliphatic carbocycles. The van der Waals surface area contributed by atoms with Crippen molar-refractivity contribution in [2.24, 2.45) is 0 Å². The van der Waals surface area contributed by atoms with E-state index in [4.69, 9.17) is 14.0 Å². The highest BCUT2D eigenvalue weighted by atomic mass is 32.2. The zero-order valence-corrected chi connectivity index (χ0v) is 18.1. The van der Waals surface area contributed by atoms with Crippen LogP contribution in [0.5, 0.6) is 11.5 Å². The number of non-ortho nitro benzene ring substituents is 1. The number of rotatable bonds is 10. The van der Waals surface area contributed by atoms with Crippen LogP contribution in [0.3, 0.4) is 0 Å². The highest BCUT2D eigenvalue weighted by Gasteiger charge is 2.27. The minimum atomic E-state index is -4.10. The average molecular weight is 460 g/mol. The Labute approximate surface area is 184 Å². The van der Waals surface area contributed by atoms with E-state index < -0.39 is 14.9 Å². The topological polar surface area (TPSA) is 138 Å². The summed E-state index contributed by atoms with van der Waals surface area (Å²) in [7, 11) is -1.09. The van der Waals surface area contributed by atoms with Crippen molar-refractivity contribution >= 4 is 15.7 Å². The number of nitro groups is 1. The molecule has 12 heteroatoms. The average Bonchev–Trinajstić information content (AvgIpc) is 3.27. The summed E-state index contributed by atoms with van der Waals surface area (Å²) in [6, 6.07) is 9.84. The molecule has 1 heterocycles. The van der Waals surface area contributed by atoms with E-state index in [1.54, 1.807) is 18.2 Å². The van der Waals surface area contributed by atoms with Gasteiger partial charge in [-0.3, -0.25) is 10.1 Å². The summed E-state index contributed by atoms with van der Waals surface area (Å²) in [5, 5.41) is 14.9. The molecule has 0 amide bonds. The number of hydrogen-bond donors (Lipinski definition) is 0. The number of sulfonamides is 1. The first-order valence-corrected chi connectivity index (χ1v) is 10.6. The number of benzene rings is 2. The van der Waals surface area contributed by atoms with Gasteiger partial charge in [-0.1, -0.05) is 17.3 Å². The van der Waals surface area contributed by atoms with Crippen LogP contribution in [-0.2, 0) is 16.6 Å². The van der Waals surface area contributed by atoms with Gasteiger partial charge in [0.15, 0.2) is 11.5 Å². The van der Waals surface area contributed by atoms with E-state index >= 15 is 0 Å². The molecule has 0 atom stereocenters. The minimum absolute atomic E-state index is 0.0330. The highest BCUT2D eigenvalue weighted by Crippen LogP contribution is 2.31. The van der Waals surface area contributed by atoms with Crippen LogP contribution in [-0.4, -0.2) is 48.6 Å². The second-order valence-corrected chi connectivity index (χ2v) is 8.36. The van der Waals surface area contributed by atoms with E-state index in [0.29, 0.717) is 17.1 Å². The molecule has 168 valence electrons. The van der Waals surface area contributed by atoms with Gasteiger partial charge in [0.25, 0.3) is 5.69 Å². The van der Waals surface area contributed by atoms with Crippen LogP contribution in [0.15, 0.2) is 64.5 Å². The SMILES string of the molecule is C=CCN(Cc1nc(-c2ccc(OC)c(OC)c2)no1)S(=O)(=O)c1cccc([N+](=O)[O-])c1. The molecule has 3 aromatic rings. The Morgan fingerprint density at radius 1 is 1.19 bits per heavy atom. The van der Waals surface area contributed by atoms with Crippen molar-refractivity contribution in [3.63, 3.8) is 0 Å². The van der Waals surface area contributed by atoms with Crippen LogP contribution in [0.25, 0.3) is 11.4 Å². The Bertz CT molecular complexity index is 1240. The van der Waals surface area contributed by atoms with Gasteiger partial charge in [-0.2, -0.15) is 9.29 Å². The Balaban J connectivity index is 1.89. The number of ether oxygens (including phenoxy) is 2. The lowest BCUT2D eigenvalue weighted by atomic mass is 10.2. The molecule has 0 saturated heterocycles. The summed E-state index contributed by atoms with van der Waals surface area (Å²) in [4.78, 5) is 14.4. The fourth-order valence-corrected chi connectivity index (χ4v) is 4.26. The Kier molecular flexibility index (Phi) is 6.85. The van der Waals surface area contributed by atoms with Crippen LogP contribution < -0.4 is 9.47 Å². The van der Waals surface area contributed by atoms with E-state index in [1.165, 1.54) is 38.5 Å². The smallest absolute Gasteiger partial charge is 0.270 e. The lowest BCUT2D eigenvalue weighted by molar-refractivity contribution is -0.385. The number of hydrogen-bond acceptors (Lipinski definition) is 9. The molecular weight excluding hydrogens is 440 g/mol. The predicted molar refractivity (Wildman–Crippen MR) is 114 cm³/mol. The van der Waals surface area contributed by atoms with E-state index in [0.717, 1.165) is 10.4 Å². The summed E-state index contributed by atoms with van der Waals surface area (Å²) in [6.45, 7) is 3.25. The zero-order chi connectivity index (χ0) is 23.3. The van der Waals surface area contributed by atoms with E-state index in [-0.39, 0.29) is 35.4 Å². The largest absolute Gasteiger partial charge is 0.493 e. The van der Waals surface area contributed by atoms with Gasteiger partial charge in [0.2, 0.25) is 21.7 Å². The summed E-state index contributed by atoms with van der Waals surface area (Å²) < 4.78 is 42.9. The lowest BCUT2D eigenvalue weighted by Gasteiger charge is -2.18. The van der Waals surface area contributed by atoms with Crippen LogP contribution in [0.1, 0.15) is 5.89 Å². The van der Waals surface area contributed by atoms with E-state index in [9.17, 15) is 18.5 Å². The van der Waals surface area contributed by atoms with Crippen LogP contribution in [0.2, 0.25) is 0 Å². The fourth-order valence-electron chi connectivity index (χ4n) is 2.86. The van der Waals surface area contributed by atoms with Crippen molar-refractivity contribution in [3.05, 3.63) is 71.1 Å². The van der Waals surface area contributed by atoms with Gasteiger partial charge in [0.05, 0.1) is 30.6 Å². The summed E-state index contributed by atoms with van der Waals surface area (Å²) >= 11 is 0. The highest BCUT2D eigenvalue weighted by molar-refractivity contribution is 7.89. The first kappa shape index (κ1) is 22.9. The molecule has 0 fully saturated rings. The Hall–Kier alpha value is -3.77. The second-order valence-electron chi connectivity index (χ2n) is 6.42. The molecule has 32 heavy (non-hydrogen) atoms. The van der Waals surface area contributed by atoms with Crippen molar-refractivity contribution in [1.29, 1.82) is 0 Å². The Morgan fingerprint density at radius 3 is 2.59 bits per heavy atom. The molecule has 0 saturated carbocycles. The molecule has 1 aromatic heterocycles. The van der Waals surface area contributed by atoms with Crippen molar-refractivity contribution < 1.29 is 27.3 Å². The van der Waals surface area contributed by atoms with Gasteiger partial charge in [0, 0.05) is 24.2 Å². The Morgan fingerprint density at radius 2 is 1.94 bits per heavy atom. The summed E-state index contributed by atoms with van der Waals surface area (Å²) in [6.07, 6.45) is 1.39. The molecule has 0 bridgehead atoms. The van der Waals surface area contributed by atoms with Gasteiger partial charge in [0.1, 0.15) is 0 Å². The summed E-state index contributed by atoms with van der Waals surface area (Å²) in [5.74, 6) is 1.26. The van der Waals surface area contributed by atoms with E-state index in [2.05, 4.69) is 16.7 Å². The van der Waals surface area contributed by atoms with Gasteiger partial charge in [-0.05, 0) is 24.3 Å². The van der Waals surface area contributed by atoms with Gasteiger partial charge in [-0.15, -0.1) is 6.58 Å². The first-order chi connectivity index (χ1) is 15.3. The predicted octanol–water partition coefficient (Wildman–Crippen LogP) is 3.04. The molecule has 0 unspecified atom stereocenters. The number of nitro benzene ring substituents is 1. The van der Waals surface area contributed by atoms with Crippen molar-refractivity contribution in [3.8, 4) is 22.9 Å². The standard InChI is InChI=1S/C20H20N4O7S/c1-4-10-23(32(27,28)16-7-5-6-15(12-16)24(25)26)13-19-21-20(22-31-19)14-8-9-17(29-2)18(11-14)30-3/h4-9,11-12H,1,10,13H2,2-3H3. The van der Waals surface area contributed by atoms with E-state index in [1.807, 2.05) is 0 Å². The van der Waals surface area contributed by atoms with Crippen molar-refractivity contribution in [2.45, 2.75) is 11.4 Å². The molecule has 0 aliphatic rings. The molecular formula is C20H20N4O7S. The molecule has 0 aliphatic heterocycles. The van der Waals surface area contributed by atoms with Gasteiger partial charge in [-0.25, -0.2) is 8.42 Å². The van der Waals surface area contributed by atoms with Crippen molar-refractivity contribution in [2.75, 3.05) is 20.8 Å². The zero-order valence-electron chi connectivity index (χ0n) is 17.3. The molecule has 0 radical (unpaired) electrons. The van der Waals surface area contributed by atoms with Gasteiger partial charge >= 0.3 is 0 Å². The molecule has 0 N–H and O–H groups in total. The minimum Gasteiger partial charge on any atom is -0.493 e. The monoisotopic (exact) mass is 460 g/mol. The maximum Gasteiger partial charge on any atom is 0.270 e. The third kappa shape index (κ3) is 4.76. The number of methoxy groups -OCH3 is 2. The maximum absolute atomic E-state index is 13.1. The quantitative estimate of drug-likeness (QED) is 0.254. The fraction of sp³-hybridized carbons (Fsp3) is 0.200. The van der Waals surface area contributed by atoms with Gasteiger partial charge < -0.3 is 14.0 Å². The normalized spacial score (nSPS) is 11.3. The first-order valence-electron chi connectivity index (χ1n) is 9.20. The number of aromatic nitrogens is 2. The second kappa shape index (κ2) is 9.58. The third-order valence-corrected chi connectivity index (χ3v) is 6.23. The third-order valence-electron chi connectivity index (χ3n) is 4.42.